The Kier molecular flexibility index (Phi) is 7.75. The molecule has 0 spiro atoms. The Labute approximate surface area is 227 Å². The first-order chi connectivity index (χ1) is 19.4. The molecule has 222 valence electrons. The minimum Gasteiger partial charge on any atom is -0.203 e. The SMILES string of the molecule is Fc1c(F)c(F)c(-c2c(F)c(F)c(-c3c(F)c(F)c(-c4c(F)c(F)c(Br)c(F)c4F)c(F)c3F)c(F)c2F)c(F)c1F. The zero-order valence-electron chi connectivity index (χ0n) is 18.8. The summed E-state index contributed by atoms with van der Waals surface area (Å²) in [7, 11) is 0. The fourth-order valence-corrected chi connectivity index (χ4v) is 4.14. The summed E-state index contributed by atoms with van der Waals surface area (Å²) in [6, 6.07) is 0. The largest absolute Gasteiger partial charge is 0.203 e. The molecule has 0 radical (unpaired) electrons. The summed E-state index contributed by atoms with van der Waals surface area (Å²) in [6.45, 7) is 0. The van der Waals surface area contributed by atoms with E-state index in [9.17, 15) is 74.6 Å². The molecule has 0 N–H and O–H groups in total. The summed E-state index contributed by atoms with van der Waals surface area (Å²) in [6.07, 6.45) is 0. The second kappa shape index (κ2) is 10.5. The molecule has 42 heavy (non-hydrogen) atoms. The van der Waals surface area contributed by atoms with Gasteiger partial charge in [-0.25, -0.2) is 74.6 Å². The first kappa shape index (κ1) is 31.1. The average molecular weight is 691 g/mol. The summed E-state index contributed by atoms with van der Waals surface area (Å²) in [4.78, 5) is 0. The molecule has 4 aromatic rings. The van der Waals surface area contributed by atoms with Gasteiger partial charge in [-0.2, -0.15) is 0 Å². The van der Waals surface area contributed by atoms with Crippen molar-refractivity contribution in [2.24, 2.45) is 0 Å². The van der Waals surface area contributed by atoms with Crippen LogP contribution in [0.3, 0.4) is 0 Å². The van der Waals surface area contributed by atoms with Crippen LogP contribution in [0.25, 0.3) is 33.4 Å². The van der Waals surface area contributed by atoms with Gasteiger partial charge in [0.05, 0.1) is 37.9 Å². The molecular weight excluding hydrogens is 691 g/mol. The predicted octanol–water partition coefficient (Wildman–Crippen LogP) is 9.81. The molecule has 0 fully saturated rings. The summed E-state index contributed by atoms with van der Waals surface area (Å²) in [5.74, 6) is -49.4. The number of hydrogen-bond donors (Lipinski definition) is 0. The number of halogens is 18. The fraction of sp³-hybridized carbons (Fsp3) is 0. The lowest BCUT2D eigenvalue weighted by Gasteiger charge is -2.17. The molecule has 0 aromatic heterocycles. The van der Waals surface area contributed by atoms with Crippen molar-refractivity contribution >= 4 is 15.9 Å². The Hall–Kier alpha value is -3.83. The Morgan fingerprint density at radius 3 is 0.500 bits per heavy atom. The third kappa shape index (κ3) is 4.12. The van der Waals surface area contributed by atoms with E-state index in [2.05, 4.69) is 0 Å². The molecule has 0 aliphatic carbocycles. The highest BCUT2D eigenvalue weighted by Crippen LogP contribution is 2.45. The Morgan fingerprint density at radius 2 is 0.310 bits per heavy atom. The summed E-state index contributed by atoms with van der Waals surface area (Å²) < 4.78 is 242. The second-order valence-corrected chi connectivity index (χ2v) is 8.69. The van der Waals surface area contributed by atoms with Crippen LogP contribution in [0.15, 0.2) is 4.47 Å². The maximum absolute atomic E-state index is 14.9. The summed E-state index contributed by atoms with van der Waals surface area (Å²) in [5, 5.41) is 0. The van der Waals surface area contributed by atoms with Gasteiger partial charge < -0.3 is 0 Å². The van der Waals surface area contributed by atoms with Crippen molar-refractivity contribution in [2.45, 2.75) is 0 Å². The van der Waals surface area contributed by atoms with E-state index in [1.54, 1.807) is 0 Å². The Morgan fingerprint density at radius 1 is 0.190 bits per heavy atom. The van der Waals surface area contributed by atoms with Crippen LogP contribution in [-0.4, -0.2) is 0 Å². The fourth-order valence-electron chi connectivity index (χ4n) is 3.79. The van der Waals surface area contributed by atoms with Gasteiger partial charge >= 0.3 is 0 Å². The van der Waals surface area contributed by atoms with E-state index in [1.807, 2.05) is 15.9 Å². The lowest BCUT2D eigenvalue weighted by atomic mass is 9.93. The molecule has 0 saturated heterocycles. The molecule has 0 nitrogen and oxygen atoms in total. The van der Waals surface area contributed by atoms with Crippen LogP contribution >= 0.6 is 15.9 Å². The number of benzene rings is 4. The molecule has 0 saturated carbocycles. The highest BCUT2D eigenvalue weighted by molar-refractivity contribution is 9.10. The summed E-state index contributed by atoms with van der Waals surface area (Å²) in [5.41, 5.74) is -15.7. The minimum atomic E-state index is -3.13. The van der Waals surface area contributed by atoms with E-state index in [1.165, 1.54) is 0 Å². The van der Waals surface area contributed by atoms with Crippen molar-refractivity contribution in [2.75, 3.05) is 0 Å². The van der Waals surface area contributed by atoms with Crippen molar-refractivity contribution in [1.82, 2.24) is 0 Å². The van der Waals surface area contributed by atoms with Gasteiger partial charge in [-0.05, 0) is 15.9 Å². The smallest absolute Gasteiger partial charge is 0.200 e. The van der Waals surface area contributed by atoms with E-state index < -0.39 is 137 Å². The van der Waals surface area contributed by atoms with Gasteiger partial charge in [0, 0.05) is 0 Å². The second-order valence-electron chi connectivity index (χ2n) is 7.90. The predicted molar refractivity (Wildman–Crippen MR) is 110 cm³/mol. The van der Waals surface area contributed by atoms with E-state index in [0.29, 0.717) is 0 Å². The Balaban J connectivity index is 2.11. The van der Waals surface area contributed by atoms with Crippen molar-refractivity contribution in [3.8, 4) is 33.4 Å². The monoisotopic (exact) mass is 690 g/mol. The van der Waals surface area contributed by atoms with Crippen LogP contribution in [0.5, 0.6) is 0 Å². The molecule has 0 unspecified atom stereocenters. The third-order valence-corrected chi connectivity index (χ3v) is 6.39. The van der Waals surface area contributed by atoms with Gasteiger partial charge in [-0.3, -0.25) is 0 Å². The van der Waals surface area contributed by atoms with E-state index >= 15 is 0 Å². The average Bonchev–Trinajstić information content (AvgIpc) is 2.96. The third-order valence-electron chi connectivity index (χ3n) is 5.70. The van der Waals surface area contributed by atoms with Gasteiger partial charge in [-0.1, -0.05) is 0 Å². The van der Waals surface area contributed by atoms with Crippen molar-refractivity contribution in [3.63, 3.8) is 0 Å². The molecule has 0 bridgehead atoms. The zero-order chi connectivity index (χ0) is 31.9. The van der Waals surface area contributed by atoms with Crippen molar-refractivity contribution < 1.29 is 74.6 Å². The quantitative estimate of drug-likeness (QED) is 0.114. The molecule has 0 heterocycles. The van der Waals surface area contributed by atoms with Gasteiger partial charge in [0.15, 0.2) is 93.1 Å². The molecule has 18 heteroatoms. The highest BCUT2D eigenvalue weighted by atomic mass is 79.9. The van der Waals surface area contributed by atoms with Gasteiger partial charge in [0.25, 0.3) is 0 Å². The first-order valence-corrected chi connectivity index (χ1v) is 10.9. The van der Waals surface area contributed by atoms with Crippen LogP contribution < -0.4 is 0 Å². The maximum atomic E-state index is 14.9. The first-order valence-electron chi connectivity index (χ1n) is 10.2. The lowest BCUT2D eigenvalue weighted by molar-refractivity contribution is 0.379. The maximum Gasteiger partial charge on any atom is 0.200 e. The molecule has 4 aromatic carbocycles. The molecular formula is C24BrF17. The van der Waals surface area contributed by atoms with Gasteiger partial charge in [-0.15, -0.1) is 0 Å². The van der Waals surface area contributed by atoms with Crippen molar-refractivity contribution in [1.29, 1.82) is 0 Å². The molecule has 0 aliphatic heterocycles. The van der Waals surface area contributed by atoms with Crippen LogP contribution in [0, 0.1) is 98.9 Å². The van der Waals surface area contributed by atoms with Crippen LogP contribution in [-0.2, 0) is 0 Å². The van der Waals surface area contributed by atoms with Crippen LogP contribution in [0.4, 0.5) is 74.6 Å². The lowest BCUT2D eigenvalue weighted by Crippen LogP contribution is -2.12. The Bertz CT molecular complexity index is 1610. The normalized spacial score (nSPS) is 11.6. The summed E-state index contributed by atoms with van der Waals surface area (Å²) >= 11 is 2.04. The molecule has 4 rings (SSSR count). The topological polar surface area (TPSA) is 0 Å². The van der Waals surface area contributed by atoms with E-state index in [0.717, 1.165) is 0 Å². The minimum absolute atomic E-state index is 1.58. The van der Waals surface area contributed by atoms with E-state index in [-0.39, 0.29) is 0 Å². The van der Waals surface area contributed by atoms with Gasteiger partial charge in [0.1, 0.15) is 0 Å². The van der Waals surface area contributed by atoms with Crippen LogP contribution in [0.2, 0.25) is 0 Å². The molecule has 0 aliphatic rings. The molecule has 0 amide bonds. The van der Waals surface area contributed by atoms with E-state index in [4.69, 9.17) is 0 Å². The highest BCUT2D eigenvalue weighted by Gasteiger charge is 2.39. The van der Waals surface area contributed by atoms with Crippen LogP contribution in [0.1, 0.15) is 0 Å². The molecule has 0 atom stereocenters. The van der Waals surface area contributed by atoms with Gasteiger partial charge in [0.2, 0.25) is 5.82 Å². The zero-order valence-corrected chi connectivity index (χ0v) is 20.4. The van der Waals surface area contributed by atoms with Crippen molar-refractivity contribution in [3.05, 3.63) is 103 Å². The number of hydrogen-bond acceptors (Lipinski definition) is 0. The standard InChI is InChI=1S/C24BrF17/c25-7-20(38)16(34)5(17(35)21(7)39)3-12(30)8(26)1(9(27)13(3)31)2-10(28)14(32)4(15(33)11(2)29)6-18(36)22(40)24(42)23(41)19(6)37. The number of rotatable bonds is 3.